The van der Waals surface area contributed by atoms with E-state index in [1.165, 1.54) is 22.9 Å². The van der Waals surface area contributed by atoms with Crippen molar-refractivity contribution >= 4 is 63.9 Å². The number of aryl methyl sites for hydroxylation is 1. The lowest BCUT2D eigenvalue weighted by atomic mass is 9.98. The molecule has 5 aromatic rings. The number of nitrogens with one attached hydrogen (secondary N) is 1. The number of H-pyrrole nitrogens is 1. The maximum atomic E-state index is 11.9. The molecule has 5 rings (SSSR count). The first-order chi connectivity index (χ1) is 16.5. The number of hydrogen-bond acceptors (Lipinski definition) is 7. The third-order valence-corrected chi connectivity index (χ3v) is 8.26. The molecule has 0 fully saturated rings. The molecule has 0 aliphatic carbocycles. The number of rotatable bonds is 7. The summed E-state index contributed by atoms with van der Waals surface area (Å²) >= 11 is 9.45. The van der Waals surface area contributed by atoms with Crippen LogP contribution >= 0.6 is 46.8 Å². The first kappa shape index (κ1) is 23.0. The summed E-state index contributed by atoms with van der Waals surface area (Å²) in [6.45, 7) is 4.55. The molecule has 3 aromatic heterocycles. The Hall–Kier alpha value is -2.79. The molecule has 0 unspecified atom stereocenters. The number of thiophene rings is 1. The first-order valence-electron chi connectivity index (χ1n) is 10.6. The Morgan fingerprint density at radius 1 is 1.15 bits per heavy atom. The third-order valence-electron chi connectivity index (χ3n) is 5.43. The second kappa shape index (κ2) is 9.46. The van der Waals surface area contributed by atoms with E-state index in [-0.39, 0.29) is 0 Å². The molecule has 0 aliphatic rings. The van der Waals surface area contributed by atoms with Gasteiger partial charge in [0.05, 0.1) is 12.1 Å². The molecule has 0 amide bonds. The molecule has 6 nitrogen and oxygen atoms in total. The van der Waals surface area contributed by atoms with Gasteiger partial charge in [-0.25, -0.2) is 14.8 Å². The van der Waals surface area contributed by atoms with Gasteiger partial charge in [-0.2, -0.15) is 0 Å². The number of aromatic carboxylic acids is 1. The molecule has 0 atom stereocenters. The van der Waals surface area contributed by atoms with Crippen LogP contribution < -0.4 is 0 Å². The van der Waals surface area contributed by atoms with E-state index < -0.39 is 5.97 Å². The fourth-order valence-electron chi connectivity index (χ4n) is 3.95. The second-order valence-electron chi connectivity index (χ2n) is 7.58. The molecular formula is C24H20N4O2S4. The van der Waals surface area contributed by atoms with Crippen molar-refractivity contribution in [3.8, 4) is 22.5 Å². The van der Waals surface area contributed by atoms with E-state index in [0.717, 1.165) is 49.4 Å². The molecule has 0 saturated heterocycles. The van der Waals surface area contributed by atoms with Crippen LogP contribution in [0.4, 0.5) is 0 Å². The summed E-state index contributed by atoms with van der Waals surface area (Å²) in [6, 6.07) is 16.5. The fraction of sp³-hybridized carbons (Fsp3) is 0.167. The minimum absolute atomic E-state index is 0.342. The zero-order valence-electron chi connectivity index (χ0n) is 18.4. The van der Waals surface area contributed by atoms with Crippen LogP contribution in [0.2, 0.25) is 0 Å². The summed E-state index contributed by atoms with van der Waals surface area (Å²) in [5, 5.41) is 10.6. The lowest BCUT2D eigenvalue weighted by Crippen LogP contribution is -2.04. The van der Waals surface area contributed by atoms with Gasteiger partial charge in [0.25, 0.3) is 0 Å². The highest BCUT2D eigenvalue weighted by Crippen LogP contribution is 2.35. The number of carbonyl (C=O) groups is 1. The minimum atomic E-state index is -0.912. The van der Waals surface area contributed by atoms with Crippen molar-refractivity contribution < 1.29 is 9.90 Å². The van der Waals surface area contributed by atoms with Crippen LogP contribution in [0.3, 0.4) is 0 Å². The maximum Gasteiger partial charge on any atom is 0.348 e. The van der Waals surface area contributed by atoms with E-state index in [4.69, 9.17) is 17.2 Å². The zero-order chi connectivity index (χ0) is 23.8. The van der Waals surface area contributed by atoms with Gasteiger partial charge in [0, 0.05) is 10.4 Å². The predicted octanol–water partition coefficient (Wildman–Crippen LogP) is 7.11. The Labute approximate surface area is 213 Å². The molecule has 0 radical (unpaired) electrons. The van der Waals surface area contributed by atoms with Crippen LogP contribution in [0, 0.1) is 10.9 Å². The highest BCUT2D eigenvalue weighted by atomic mass is 32.2. The standard InChI is InChI=1S/C24H20N4O2S4/c1-3-32-23-25-18-13(2)33-20(22(29)30)19(18)28(23)12-14-8-10-15(11-9-14)16-6-4-5-7-17(16)21-26-24(31)34-27-21/h4-11H,3,12H2,1-2H3,(H,29,30)(H,26,27,31). The van der Waals surface area contributed by atoms with Gasteiger partial charge in [0.2, 0.25) is 0 Å². The highest BCUT2D eigenvalue weighted by molar-refractivity contribution is 7.99. The number of benzene rings is 2. The van der Waals surface area contributed by atoms with E-state index in [1.807, 2.05) is 29.7 Å². The van der Waals surface area contributed by atoms with E-state index in [9.17, 15) is 9.90 Å². The van der Waals surface area contributed by atoms with Crippen molar-refractivity contribution in [3.63, 3.8) is 0 Å². The monoisotopic (exact) mass is 524 g/mol. The lowest BCUT2D eigenvalue weighted by molar-refractivity contribution is 0.0703. The van der Waals surface area contributed by atoms with Crippen LogP contribution in [0.15, 0.2) is 53.7 Å². The Bertz CT molecular complexity index is 1560. The number of carboxylic acids is 1. The summed E-state index contributed by atoms with van der Waals surface area (Å²) in [4.78, 5) is 22.4. The second-order valence-corrected chi connectivity index (χ2v) is 11.5. The van der Waals surface area contributed by atoms with Gasteiger partial charge < -0.3 is 9.67 Å². The molecule has 3 heterocycles. The van der Waals surface area contributed by atoms with Crippen molar-refractivity contribution in [1.29, 1.82) is 0 Å². The van der Waals surface area contributed by atoms with Gasteiger partial charge in [-0.05, 0) is 53.1 Å². The topological polar surface area (TPSA) is 83.8 Å². The number of aromatic amines is 1. The number of aromatic nitrogens is 4. The molecule has 2 aromatic carbocycles. The van der Waals surface area contributed by atoms with Gasteiger partial charge >= 0.3 is 5.97 Å². The lowest BCUT2D eigenvalue weighted by Gasteiger charge is -2.11. The van der Waals surface area contributed by atoms with Crippen molar-refractivity contribution in [2.24, 2.45) is 0 Å². The molecule has 0 bridgehead atoms. The zero-order valence-corrected chi connectivity index (χ0v) is 21.6. The summed E-state index contributed by atoms with van der Waals surface area (Å²) in [7, 11) is 0. The van der Waals surface area contributed by atoms with Crippen LogP contribution in [0.5, 0.6) is 0 Å². The van der Waals surface area contributed by atoms with Crippen molar-refractivity contribution in [2.75, 3.05) is 5.75 Å². The van der Waals surface area contributed by atoms with Crippen LogP contribution in [-0.2, 0) is 6.54 Å². The van der Waals surface area contributed by atoms with Crippen LogP contribution in [0.1, 0.15) is 27.0 Å². The molecule has 0 spiro atoms. The molecule has 34 heavy (non-hydrogen) atoms. The van der Waals surface area contributed by atoms with Gasteiger partial charge in [-0.3, -0.25) is 4.37 Å². The summed E-state index contributed by atoms with van der Waals surface area (Å²) in [6.07, 6.45) is 0. The van der Waals surface area contributed by atoms with Crippen LogP contribution in [0.25, 0.3) is 33.5 Å². The molecule has 2 N–H and O–H groups in total. The average molecular weight is 525 g/mol. The van der Waals surface area contributed by atoms with Crippen molar-refractivity contribution in [3.05, 3.63) is 67.8 Å². The highest BCUT2D eigenvalue weighted by Gasteiger charge is 2.23. The number of imidazole rings is 1. The van der Waals surface area contributed by atoms with Gasteiger partial charge in [-0.1, -0.05) is 67.2 Å². The maximum absolute atomic E-state index is 11.9. The molecule has 0 aliphatic heterocycles. The van der Waals surface area contributed by atoms with Gasteiger partial charge in [0.1, 0.15) is 16.2 Å². The SMILES string of the molecule is CCSc1nc2c(C)sc(C(=O)O)c2n1Cc1ccc(-c2ccccc2-c2nc(=S)s[nH]2)cc1. The minimum Gasteiger partial charge on any atom is -0.477 e. The quantitative estimate of drug-likeness (QED) is 0.174. The number of hydrogen-bond donors (Lipinski definition) is 2. The molecule has 0 saturated carbocycles. The number of carboxylic acid groups (broad SMARTS) is 1. The van der Waals surface area contributed by atoms with Crippen LogP contribution in [-0.4, -0.2) is 35.7 Å². The van der Waals surface area contributed by atoms with E-state index in [0.29, 0.717) is 20.9 Å². The molecular weight excluding hydrogens is 505 g/mol. The smallest absolute Gasteiger partial charge is 0.348 e. The number of thioether (sulfide) groups is 1. The van der Waals surface area contributed by atoms with Gasteiger partial charge in [-0.15, -0.1) is 11.3 Å². The van der Waals surface area contributed by atoms with Crippen molar-refractivity contribution in [2.45, 2.75) is 25.5 Å². The number of fused-ring (bicyclic) bond motifs is 1. The predicted molar refractivity (Wildman–Crippen MR) is 143 cm³/mol. The Balaban J connectivity index is 1.52. The third kappa shape index (κ3) is 4.22. The van der Waals surface area contributed by atoms with E-state index in [2.05, 4.69) is 46.6 Å². The molecule has 10 heteroatoms. The Kier molecular flexibility index (Phi) is 6.39. The largest absolute Gasteiger partial charge is 0.477 e. The fourth-order valence-corrected chi connectivity index (χ4v) is 6.30. The van der Waals surface area contributed by atoms with Gasteiger partial charge in [0.15, 0.2) is 9.11 Å². The first-order valence-corrected chi connectivity index (χ1v) is 13.6. The number of nitrogens with zero attached hydrogens (tertiary/aromatic N) is 3. The van der Waals surface area contributed by atoms with E-state index >= 15 is 0 Å². The summed E-state index contributed by atoms with van der Waals surface area (Å²) in [5.74, 6) is 0.718. The normalized spacial score (nSPS) is 11.4. The Morgan fingerprint density at radius 2 is 1.88 bits per heavy atom. The van der Waals surface area contributed by atoms with E-state index in [1.54, 1.807) is 11.8 Å². The average Bonchev–Trinajstić information content (AvgIpc) is 3.51. The summed E-state index contributed by atoms with van der Waals surface area (Å²) in [5.41, 5.74) is 5.71. The molecule has 172 valence electrons. The Morgan fingerprint density at radius 3 is 2.53 bits per heavy atom. The van der Waals surface area contributed by atoms with Crippen molar-refractivity contribution in [1.82, 2.24) is 18.9 Å². The summed E-state index contributed by atoms with van der Waals surface area (Å²) < 4.78 is 5.81.